The molecule has 0 atom stereocenters. The number of para-hydroxylation sites is 1. The summed E-state index contributed by atoms with van der Waals surface area (Å²) in [7, 11) is 0. The van der Waals surface area contributed by atoms with Crippen LogP contribution >= 0.6 is 0 Å². The Labute approximate surface area is 123 Å². The Balaban J connectivity index is 2.09. The molecule has 0 aliphatic heterocycles. The van der Waals surface area contributed by atoms with Crippen molar-refractivity contribution < 1.29 is 9.21 Å². The van der Waals surface area contributed by atoms with Crippen LogP contribution < -0.4 is 10.7 Å². The number of amides is 1. The van der Waals surface area contributed by atoms with E-state index >= 15 is 0 Å². The van der Waals surface area contributed by atoms with E-state index in [0.717, 1.165) is 6.42 Å². The average molecular weight is 285 g/mol. The molecule has 2 aromatic rings. The molecular weight excluding hydrogens is 266 g/mol. The second-order valence-electron chi connectivity index (χ2n) is 5.32. The number of rotatable bonds is 5. The van der Waals surface area contributed by atoms with Crippen LogP contribution in [0.1, 0.15) is 25.8 Å². The molecule has 0 saturated carbocycles. The van der Waals surface area contributed by atoms with Gasteiger partial charge in [-0.3, -0.25) is 9.59 Å². The van der Waals surface area contributed by atoms with E-state index < -0.39 is 0 Å². The number of carbonyl (C=O) groups is 1. The van der Waals surface area contributed by atoms with Crippen LogP contribution in [0, 0.1) is 5.92 Å². The molecule has 0 saturated heterocycles. The first kappa shape index (κ1) is 15.0. The maximum absolute atomic E-state index is 12.2. The molecule has 110 valence electrons. The van der Waals surface area contributed by atoms with Crippen molar-refractivity contribution in [2.24, 2.45) is 5.92 Å². The first-order valence-electron chi connectivity index (χ1n) is 7.04. The Bertz CT molecular complexity index is 713. The molecule has 0 fully saturated rings. The van der Waals surface area contributed by atoms with Crippen molar-refractivity contribution in [2.45, 2.75) is 20.3 Å². The van der Waals surface area contributed by atoms with Crippen molar-refractivity contribution in [1.82, 2.24) is 5.32 Å². The molecule has 21 heavy (non-hydrogen) atoms. The van der Waals surface area contributed by atoms with Gasteiger partial charge in [-0.25, -0.2) is 0 Å². The van der Waals surface area contributed by atoms with Crippen LogP contribution in [0.15, 0.2) is 45.8 Å². The summed E-state index contributed by atoms with van der Waals surface area (Å²) < 4.78 is 5.39. The van der Waals surface area contributed by atoms with Gasteiger partial charge in [0.05, 0.1) is 10.9 Å². The van der Waals surface area contributed by atoms with Gasteiger partial charge in [-0.2, -0.15) is 0 Å². The van der Waals surface area contributed by atoms with Crippen LogP contribution in [0.4, 0.5) is 0 Å². The van der Waals surface area contributed by atoms with Gasteiger partial charge in [-0.1, -0.05) is 26.0 Å². The van der Waals surface area contributed by atoms with Crippen LogP contribution in [0.3, 0.4) is 0 Å². The van der Waals surface area contributed by atoms with Gasteiger partial charge in [0.15, 0.2) is 5.43 Å². The first-order valence-corrected chi connectivity index (χ1v) is 7.04. The maximum atomic E-state index is 12.2. The SMILES string of the molecule is CC(C)CCNC(=O)/C=C/c1coc2ccccc2c1=O. The molecule has 1 amide bonds. The molecule has 1 N–H and O–H groups in total. The Morgan fingerprint density at radius 1 is 1.33 bits per heavy atom. The quantitative estimate of drug-likeness (QED) is 0.859. The Kier molecular flexibility index (Phi) is 4.93. The van der Waals surface area contributed by atoms with Crippen molar-refractivity contribution in [3.63, 3.8) is 0 Å². The summed E-state index contributed by atoms with van der Waals surface area (Å²) in [6, 6.07) is 7.04. The summed E-state index contributed by atoms with van der Waals surface area (Å²) in [5, 5.41) is 3.30. The number of carbonyl (C=O) groups excluding carboxylic acids is 1. The van der Waals surface area contributed by atoms with Crippen LogP contribution in [-0.4, -0.2) is 12.5 Å². The lowest BCUT2D eigenvalue weighted by molar-refractivity contribution is -0.116. The number of nitrogens with one attached hydrogen (secondary N) is 1. The fourth-order valence-corrected chi connectivity index (χ4v) is 1.92. The highest BCUT2D eigenvalue weighted by Gasteiger charge is 2.04. The zero-order valence-corrected chi connectivity index (χ0v) is 12.3. The molecule has 4 nitrogen and oxygen atoms in total. The molecule has 0 radical (unpaired) electrons. The standard InChI is InChI=1S/C17H19NO3/c1-12(2)9-10-18-16(19)8-7-13-11-21-15-6-4-3-5-14(15)17(13)20/h3-8,11-12H,9-10H2,1-2H3,(H,18,19)/b8-7+. The van der Waals surface area contributed by atoms with Gasteiger partial charge in [0, 0.05) is 12.6 Å². The average Bonchev–Trinajstić information content (AvgIpc) is 2.46. The van der Waals surface area contributed by atoms with E-state index in [4.69, 9.17) is 4.42 Å². The molecule has 1 aromatic carbocycles. The van der Waals surface area contributed by atoms with E-state index in [2.05, 4.69) is 19.2 Å². The van der Waals surface area contributed by atoms with Crippen molar-refractivity contribution in [2.75, 3.05) is 6.54 Å². The highest BCUT2D eigenvalue weighted by atomic mass is 16.3. The topological polar surface area (TPSA) is 59.3 Å². The number of hydrogen-bond acceptors (Lipinski definition) is 3. The Morgan fingerprint density at radius 2 is 2.10 bits per heavy atom. The molecule has 2 rings (SSSR count). The van der Waals surface area contributed by atoms with Gasteiger partial charge in [0.25, 0.3) is 0 Å². The molecule has 4 heteroatoms. The predicted octanol–water partition coefficient (Wildman–Crippen LogP) is 2.97. The predicted molar refractivity (Wildman–Crippen MR) is 84.0 cm³/mol. The maximum Gasteiger partial charge on any atom is 0.244 e. The summed E-state index contributed by atoms with van der Waals surface area (Å²) in [5.74, 6) is 0.338. The van der Waals surface area contributed by atoms with Crippen LogP contribution in [0.25, 0.3) is 17.0 Å². The third kappa shape index (κ3) is 4.05. The molecule has 0 aliphatic rings. The van der Waals surface area contributed by atoms with E-state index in [9.17, 15) is 9.59 Å². The fraction of sp³-hybridized carbons (Fsp3) is 0.294. The number of hydrogen-bond donors (Lipinski definition) is 1. The molecule has 0 spiro atoms. The minimum atomic E-state index is -0.205. The van der Waals surface area contributed by atoms with Gasteiger partial charge >= 0.3 is 0 Å². The normalized spacial score (nSPS) is 11.4. The van der Waals surface area contributed by atoms with Crippen LogP contribution in [0.2, 0.25) is 0 Å². The third-order valence-corrected chi connectivity index (χ3v) is 3.14. The summed E-state index contributed by atoms with van der Waals surface area (Å²) in [4.78, 5) is 23.8. The van der Waals surface area contributed by atoms with E-state index in [1.54, 1.807) is 18.2 Å². The minimum Gasteiger partial charge on any atom is -0.463 e. The van der Waals surface area contributed by atoms with Crippen molar-refractivity contribution in [3.05, 3.63) is 52.4 Å². The van der Waals surface area contributed by atoms with Crippen molar-refractivity contribution in [3.8, 4) is 0 Å². The van der Waals surface area contributed by atoms with E-state index in [1.807, 2.05) is 6.07 Å². The second kappa shape index (κ2) is 6.88. The highest BCUT2D eigenvalue weighted by Crippen LogP contribution is 2.11. The molecule has 0 bridgehead atoms. The summed E-state index contributed by atoms with van der Waals surface area (Å²) in [5.41, 5.74) is 0.775. The zero-order chi connectivity index (χ0) is 15.2. The van der Waals surface area contributed by atoms with Gasteiger partial charge in [0.1, 0.15) is 11.8 Å². The van der Waals surface area contributed by atoms with E-state index in [-0.39, 0.29) is 11.3 Å². The molecule has 0 aliphatic carbocycles. The monoisotopic (exact) mass is 285 g/mol. The summed E-state index contributed by atoms with van der Waals surface area (Å²) in [6.07, 6.45) is 5.16. The highest BCUT2D eigenvalue weighted by molar-refractivity contribution is 5.92. The van der Waals surface area contributed by atoms with E-state index in [1.165, 1.54) is 18.4 Å². The largest absolute Gasteiger partial charge is 0.463 e. The lowest BCUT2D eigenvalue weighted by atomic mass is 10.1. The lowest BCUT2D eigenvalue weighted by Crippen LogP contribution is -2.23. The van der Waals surface area contributed by atoms with E-state index in [0.29, 0.717) is 29.0 Å². The summed E-state index contributed by atoms with van der Waals surface area (Å²) >= 11 is 0. The Morgan fingerprint density at radius 3 is 2.86 bits per heavy atom. The third-order valence-electron chi connectivity index (χ3n) is 3.14. The van der Waals surface area contributed by atoms with Gasteiger partial charge in [-0.05, 0) is 30.5 Å². The number of fused-ring (bicyclic) bond motifs is 1. The number of benzene rings is 1. The minimum absolute atomic E-state index is 0.136. The van der Waals surface area contributed by atoms with Gasteiger partial charge in [0.2, 0.25) is 5.91 Å². The molecule has 0 unspecified atom stereocenters. The van der Waals surface area contributed by atoms with Gasteiger partial charge < -0.3 is 9.73 Å². The van der Waals surface area contributed by atoms with Crippen LogP contribution in [0.5, 0.6) is 0 Å². The Hall–Kier alpha value is -2.36. The van der Waals surface area contributed by atoms with Crippen LogP contribution in [-0.2, 0) is 4.79 Å². The molecular formula is C17H19NO3. The first-order chi connectivity index (χ1) is 10.1. The smallest absolute Gasteiger partial charge is 0.244 e. The van der Waals surface area contributed by atoms with Crippen molar-refractivity contribution in [1.29, 1.82) is 0 Å². The molecule has 1 heterocycles. The lowest BCUT2D eigenvalue weighted by Gasteiger charge is -2.04. The van der Waals surface area contributed by atoms with Crippen molar-refractivity contribution >= 4 is 23.0 Å². The molecule has 1 aromatic heterocycles. The fourth-order valence-electron chi connectivity index (χ4n) is 1.92. The second-order valence-corrected chi connectivity index (χ2v) is 5.32. The zero-order valence-electron chi connectivity index (χ0n) is 12.3. The van der Waals surface area contributed by atoms with Gasteiger partial charge in [-0.15, -0.1) is 0 Å². The summed E-state index contributed by atoms with van der Waals surface area (Å²) in [6.45, 7) is 4.83.